The van der Waals surface area contributed by atoms with E-state index in [9.17, 15) is 4.79 Å². The summed E-state index contributed by atoms with van der Waals surface area (Å²) >= 11 is 0. The summed E-state index contributed by atoms with van der Waals surface area (Å²) < 4.78 is 11.0. The van der Waals surface area contributed by atoms with Crippen molar-refractivity contribution in [2.24, 2.45) is 0 Å². The van der Waals surface area contributed by atoms with E-state index in [-0.39, 0.29) is 11.9 Å². The van der Waals surface area contributed by atoms with Gasteiger partial charge in [0.2, 0.25) is 5.91 Å². The summed E-state index contributed by atoms with van der Waals surface area (Å²) in [5.74, 6) is 1.23. The molecule has 0 heterocycles. The number of amides is 1. The summed E-state index contributed by atoms with van der Waals surface area (Å²) in [7, 11) is 1.74. The second-order valence-corrected chi connectivity index (χ2v) is 4.03. The minimum Gasteiger partial charge on any atom is -0.490 e. The zero-order valence-corrected chi connectivity index (χ0v) is 11.9. The predicted molar refractivity (Wildman–Crippen MR) is 75.9 cm³/mol. The van der Waals surface area contributed by atoms with Crippen LogP contribution in [0.15, 0.2) is 18.2 Å². The monoisotopic (exact) mass is 266 g/mol. The minimum atomic E-state index is -0.248. The van der Waals surface area contributed by atoms with Gasteiger partial charge in [-0.1, -0.05) is 0 Å². The maximum absolute atomic E-state index is 11.8. The van der Waals surface area contributed by atoms with E-state index in [1.807, 2.05) is 13.8 Å². The summed E-state index contributed by atoms with van der Waals surface area (Å²) in [5, 5.41) is 5.71. The van der Waals surface area contributed by atoms with Crippen molar-refractivity contribution in [2.45, 2.75) is 26.8 Å². The maximum atomic E-state index is 11.8. The summed E-state index contributed by atoms with van der Waals surface area (Å²) in [4.78, 5) is 11.8. The number of nitrogens with one attached hydrogen (secondary N) is 2. The highest BCUT2D eigenvalue weighted by Crippen LogP contribution is 2.30. The first-order valence-electron chi connectivity index (χ1n) is 6.50. The average molecular weight is 266 g/mol. The molecule has 0 saturated heterocycles. The molecule has 1 rings (SSSR count). The summed E-state index contributed by atoms with van der Waals surface area (Å²) in [5.41, 5.74) is 0.694. The molecule has 0 radical (unpaired) electrons. The van der Waals surface area contributed by atoms with Crippen molar-refractivity contribution in [1.29, 1.82) is 0 Å². The van der Waals surface area contributed by atoms with E-state index < -0.39 is 0 Å². The highest BCUT2D eigenvalue weighted by Gasteiger charge is 2.12. The van der Waals surface area contributed by atoms with Gasteiger partial charge in [-0.05, 0) is 40.0 Å². The Morgan fingerprint density at radius 2 is 1.84 bits per heavy atom. The molecule has 0 bridgehead atoms. The van der Waals surface area contributed by atoms with Crippen molar-refractivity contribution < 1.29 is 14.3 Å². The molecule has 106 valence electrons. The first kappa shape index (κ1) is 15.3. The number of carbonyl (C=O) groups excluding carboxylic acids is 1. The Kier molecular flexibility index (Phi) is 6.15. The topological polar surface area (TPSA) is 59.6 Å². The molecule has 2 N–H and O–H groups in total. The molecule has 0 spiro atoms. The van der Waals surface area contributed by atoms with Crippen LogP contribution in [0.5, 0.6) is 11.5 Å². The average Bonchev–Trinajstić information content (AvgIpc) is 2.41. The summed E-state index contributed by atoms with van der Waals surface area (Å²) in [6, 6.07) is 5.12. The lowest BCUT2D eigenvalue weighted by Gasteiger charge is -2.14. The minimum absolute atomic E-state index is 0.0888. The lowest BCUT2D eigenvalue weighted by atomic mass is 10.2. The van der Waals surface area contributed by atoms with Gasteiger partial charge in [-0.25, -0.2) is 0 Å². The Bertz CT molecular complexity index is 421. The van der Waals surface area contributed by atoms with Crippen LogP contribution in [-0.2, 0) is 4.79 Å². The van der Waals surface area contributed by atoms with E-state index in [0.29, 0.717) is 30.4 Å². The van der Waals surface area contributed by atoms with Gasteiger partial charge in [0, 0.05) is 11.8 Å². The smallest absolute Gasteiger partial charge is 0.241 e. The van der Waals surface area contributed by atoms with Crippen molar-refractivity contribution in [3.8, 4) is 11.5 Å². The second kappa shape index (κ2) is 7.63. The van der Waals surface area contributed by atoms with E-state index >= 15 is 0 Å². The Labute approximate surface area is 114 Å². The van der Waals surface area contributed by atoms with E-state index in [1.54, 1.807) is 32.2 Å². The van der Waals surface area contributed by atoms with Gasteiger partial charge in [-0.3, -0.25) is 4.79 Å². The van der Waals surface area contributed by atoms with Gasteiger partial charge in [0.05, 0.1) is 19.3 Å². The Hall–Kier alpha value is -1.75. The van der Waals surface area contributed by atoms with Crippen LogP contribution in [0.25, 0.3) is 0 Å². The zero-order valence-electron chi connectivity index (χ0n) is 11.9. The first-order valence-corrected chi connectivity index (χ1v) is 6.50. The van der Waals surface area contributed by atoms with Gasteiger partial charge in [0.15, 0.2) is 11.5 Å². The summed E-state index contributed by atoms with van der Waals surface area (Å²) in [6.07, 6.45) is 0. The third-order valence-corrected chi connectivity index (χ3v) is 2.64. The van der Waals surface area contributed by atoms with Gasteiger partial charge < -0.3 is 20.1 Å². The van der Waals surface area contributed by atoms with Crippen LogP contribution in [0.1, 0.15) is 20.8 Å². The van der Waals surface area contributed by atoms with Crippen molar-refractivity contribution in [1.82, 2.24) is 5.32 Å². The number of likely N-dealkylation sites (N-methyl/N-ethyl adjacent to an activating group) is 1. The van der Waals surface area contributed by atoms with E-state index in [4.69, 9.17) is 9.47 Å². The van der Waals surface area contributed by atoms with Crippen molar-refractivity contribution in [3.63, 3.8) is 0 Å². The molecule has 19 heavy (non-hydrogen) atoms. The SMILES string of the molecule is CCOc1ccc(NC(=O)C(C)NC)cc1OCC. The van der Waals surface area contributed by atoms with E-state index in [1.165, 1.54) is 0 Å². The molecule has 1 atom stereocenters. The van der Waals surface area contributed by atoms with Crippen LogP contribution in [0.4, 0.5) is 5.69 Å². The molecule has 1 unspecified atom stereocenters. The van der Waals surface area contributed by atoms with Gasteiger partial charge in [-0.15, -0.1) is 0 Å². The van der Waals surface area contributed by atoms with E-state index in [0.717, 1.165) is 0 Å². The number of hydrogen-bond donors (Lipinski definition) is 2. The van der Waals surface area contributed by atoms with Gasteiger partial charge in [-0.2, -0.15) is 0 Å². The third kappa shape index (κ3) is 4.44. The fraction of sp³-hybridized carbons (Fsp3) is 0.500. The van der Waals surface area contributed by atoms with Crippen LogP contribution in [0.2, 0.25) is 0 Å². The quantitative estimate of drug-likeness (QED) is 0.793. The lowest BCUT2D eigenvalue weighted by Crippen LogP contribution is -2.35. The lowest BCUT2D eigenvalue weighted by molar-refractivity contribution is -0.117. The Morgan fingerprint density at radius 1 is 1.21 bits per heavy atom. The van der Waals surface area contributed by atoms with Crippen LogP contribution >= 0.6 is 0 Å². The van der Waals surface area contributed by atoms with Crippen molar-refractivity contribution >= 4 is 11.6 Å². The summed E-state index contributed by atoms with van der Waals surface area (Å²) in [6.45, 7) is 6.74. The molecule has 1 amide bonds. The number of anilines is 1. The first-order chi connectivity index (χ1) is 9.12. The van der Waals surface area contributed by atoms with Gasteiger partial charge >= 0.3 is 0 Å². The molecule has 1 aromatic carbocycles. The molecular weight excluding hydrogens is 244 g/mol. The van der Waals surface area contributed by atoms with Crippen molar-refractivity contribution in [2.75, 3.05) is 25.6 Å². The highest BCUT2D eigenvalue weighted by atomic mass is 16.5. The van der Waals surface area contributed by atoms with Crippen LogP contribution < -0.4 is 20.1 Å². The van der Waals surface area contributed by atoms with Crippen LogP contribution in [0.3, 0.4) is 0 Å². The molecule has 1 aromatic rings. The fourth-order valence-electron chi connectivity index (χ4n) is 1.51. The Balaban J connectivity index is 2.85. The maximum Gasteiger partial charge on any atom is 0.241 e. The molecule has 0 fully saturated rings. The number of rotatable bonds is 7. The largest absolute Gasteiger partial charge is 0.490 e. The predicted octanol–water partition coefficient (Wildman–Crippen LogP) is 2.03. The highest BCUT2D eigenvalue weighted by molar-refractivity contribution is 5.94. The van der Waals surface area contributed by atoms with E-state index in [2.05, 4.69) is 10.6 Å². The molecule has 0 aliphatic carbocycles. The number of carbonyl (C=O) groups is 1. The number of hydrogen-bond acceptors (Lipinski definition) is 4. The second-order valence-electron chi connectivity index (χ2n) is 4.03. The zero-order chi connectivity index (χ0) is 14.3. The normalized spacial score (nSPS) is 11.8. The molecule has 0 aliphatic rings. The molecule has 0 saturated carbocycles. The van der Waals surface area contributed by atoms with Gasteiger partial charge in [0.25, 0.3) is 0 Å². The molecule has 0 aromatic heterocycles. The van der Waals surface area contributed by atoms with Crippen LogP contribution in [-0.4, -0.2) is 32.2 Å². The van der Waals surface area contributed by atoms with Crippen molar-refractivity contribution in [3.05, 3.63) is 18.2 Å². The molecule has 5 nitrogen and oxygen atoms in total. The third-order valence-electron chi connectivity index (χ3n) is 2.64. The Morgan fingerprint density at radius 3 is 2.42 bits per heavy atom. The van der Waals surface area contributed by atoms with Crippen LogP contribution in [0, 0.1) is 0 Å². The fourth-order valence-corrected chi connectivity index (χ4v) is 1.51. The number of benzene rings is 1. The molecular formula is C14H22N2O3. The molecule has 5 heteroatoms. The number of ether oxygens (including phenoxy) is 2. The standard InChI is InChI=1S/C14H22N2O3/c1-5-18-12-8-7-11(9-13(12)19-6-2)16-14(17)10(3)15-4/h7-10,15H,5-6H2,1-4H3,(H,16,17). The molecule has 0 aliphatic heterocycles. The van der Waals surface area contributed by atoms with Gasteiger partial charge in [0.1, 0.15) is 0 Å².